The Hall–Kier alpha value is 0.233. The van der Waals surface area contributed by atoms with Crippen LogP contribution in [0.2, 0.25) is 0 Å². The summed E-state index contributed by atoms with van der Waals surface area (Å²) in [5, 5.41) is 0. The first kappa shape index (κ1) is 6.23. The first-order valence-electron chi connectivity index (χ1n) is 1.62. The van der Waals surface area contributed by atoms with Crippen LogP contribution >= 0.6 is 0 Å². The first-order valence-corrected chi connectivity index (χ1v) is 3.04. The van der Waals surface area contributed by atoms with Gasteiger partial charge in [-0.05, 0) is 0 Å². The summed E-state index contributed by atoms with van der Waals surface area (Å²) in [6.07, 6.45) is 5.23. The molecular formula is C5H5Zr-. The molecule has 0 rings (SSSR count). The van der Waals surface area contributed by atoms with Crippen LogP contribution in [-0.4, -0.2) is 3.71 Å². The fraction of sp³-hybridized carbons (Fsp3) is 0. The van der Waals surface area contributed by atoms with Crippen molar-refractivity contribution in [3.63, 3.8) is 0 Å². The van der Waals surface area contributed by atoms with E-state index in [9.17, 15) is 0 Å². The van der Waals surface area contributed by atoms with E-state index in [2.05, 4.69) is 0 Å². The molecule has 0 saturated carbocycles. The van der Waals surface area contributed by atoms with Crippen LogP contribution in [-0.2, 0) is 24.2 Å². The van der Waals surface area contributed by atoms with Gasteiger partial charge in [-0.2, -0.15) is 0 Å². The normalized spacial score (nSPS) is 8.50. The second-order valence-electron chi connectivity index (χ2n) is 0.744. The molecule has 0 heterocycles. The molecule has 0 atom stereocenters. The summed E-state index contributed by atoms with van der Waals surface area (Å²) in [5.74, 6) is 0. The van der Waals surface area contributed by atoms with E-state index in [1.807, 2.05) is 9.78 Å². The summed E-state index contributed by atoms with van der Waals surface area (Å²) >= 11 is 1.41. The van der Waals surface area contributed by atoms with Crippen LogP contribution in [0.4, 0.5) is 0 Å². The molecule has 30 valence electrons. The van der Waals surface area contributed by atoms with E-state index < -0.39 is 0 Å². The zero-order chi connectivity index (χ0) is 4.83. The fourth-order valence-electron chi connectivity index (χ4n) is 0.120. The summed E-state index contributed by atoms with van der Waals surface area (Å²) in [7, 11) is 0. The van der Waals surface area contributed by atoms with E-state index in [-0.39, 0.29) is 0 Å². The van der Waals surface area contributed by atoms with Gasteiger partial charge in [0.15, 0.2) is 0 Å². The molecule has 0 aromatic carbocycles. The van der Waals surface area contributed by atoms with Gasteiger partial charge < -0.3 is 0 Å². The SMILES string of the molecule is [CH-]=C/C=C\[CH]=[Zr]. The molecule has 1 heteroatoms. The van der Waals surface area contributed by atoms with E-state index in [0.717, 1.165) is 0 Å². The van der Waals surface area contributed by atoms with Crippen LogP contribution < -0.4 is 0 Å². The van der Waals surface area contributed by atoms with Gasteiger partial charge in [0.05, 0.1) is 0 Å². The molecule has 0 aromatic heterocycles. The molecule has 0 N–H and O–H groups in total. The molecule has 0 aliphatic carbocycles. The van der Waals surface area contributed by atoms with Gasteiger partial charge in [0, 0.05) is 0 Å². The summed E-state index contributed by atoms with van der Waals surface area (Å²) in [5.41, 5.74) is 0. The quantitative estimate of drug-likeness (QED) is 0.411. The molecule has 0 saturated heterocycles. The van der Waals surface area contributed by atoms with Crippen LogP contribution in [0.25, 0.3) is 0 Å². The van der Waals surface area contributed by atoms with Crippen LogP contribution in [0.1, 0.15) is 0 Å². The fourth-order valence-corrected chi connectivity index (χ4v) is 0.393. The average Bonchev–Trinajstić information content (AvgIpc) is 1.61. The summed E-state index contributed by atoms with van der Waals surface area (Å²) < 4.78 is 2.01. The maximum atomic E-state index is 4.99. The average molecular weight is 156 g/mol. The van der Waals surface area contributed by atoms with Crippen molar-refractivity contribution in [1.82, 2.24) is 0 Å². The van der Waals surface area contributed by atoms with Gasteiger partial charge in [-0.3, -0.25) is 0 Å². The number of allylic oxidation sites excluding steroid dienone is 3. The predicted octanol–water partition coefficient (Wildman–Crippen LogP) is 0.881. The van der Waals surface area contributed by atoms with E-state index >= 15 is 0 Å². The van der Waals surface area contributed by atoms with Crippen LogP contribution in [0.5, 0.6) is 0 Å². The van der Waals surface area contributed by atoms with Gasteiger partial charge in [0.1, 0.15) is 0 Å². The topological polar surface area (TPSA) is 0 Å². The Kier molecular flexibility index (Phi) is 5.44. The summed E-state index contributed by atoms with van der Waals surface area (Å²) in [6.45, 7) is 4.99. The number of hydrogen-bond donors (Lipinski definition) is 0. The third-order valence-electron chi connectivity index (χ3n) is 0.318. The van der Waals surface area contributed by atoms with Crippen molar-refractivity contribution >= 4 is 3.71 Å². The van der Waals surface area contributed by atoms with Gasteiger partial charge in [-0.1, -0.05) is 0 Å². The van der Waals surface area contributed by atoms with Crippen molar-refractivity contribution in [2.24, 2.45) is 0 Å². The van der Waals surface area contributed by atoms with Crippen molar-refractivity contribution in [2.45, 2.75) is 0 Å². The minimum absolute atomic E-state index is 1.41. The molecule has 0 fully saturated rings. The second kappa shape index (κ2) is 5.23. The molecule has 0 unspecified atom stereocenters. The Morgan fingerprint density at radius 3 is 2.17 bits per heavy atom. The van der Waals surface area contributed by atoms with Gasteiger partial charge in [-0.25, -0.2) is 0 Å². The Morgan fingerprint density at radius 2 is 2.00 bits per heavy atom. The summed E-state index contributed by atoms with van der Waals surface area (Å²) in [4.78, 5) is 0. The van der Waals surface area contributed by atoms with Gasteiger partial charge in [0.2, 0.25) is 0 Å². The number of rotatable bonds is 2. The van der Waals surface area contributed by atoms with E-state index in [4.69, 9.17) is 6.58 Å². The maximum absolute atomic E-state index is 4.99. The Morgan fingerprint density at radius 1 is 1.33 bits per heavy atom. The molecule has 0 nitrogen and oxygen atoms in total. The molecule has 0 aliphatic rings. The van der Waals surface area contributed by atoms with Crippen LogP contribution in [0.3, 0.4) is 0 Å². The zero-order valence-corrected chi connectivity index (χ0v) is 5.84. The van der Waals surface area contributed by atoms with Crippen LogP contribution in [0, 0.1) is 6.58 Å². The van der Waals surface area contributed by atoms with E-state index in [1.165, 1.54) is 30.3 Å². The van der Waals surface area contributed by atoms with E-state index in [1.54, 1.807) is 6.08 Å². The van der Waals surface area contributed by atoms with Crippen LogP contribution in [0.15, 0.2) is 18.2 Å². The number of hydrogen-bond acceptors (Lipinski definition) is 0. The molecule has 0 spiro atoms. The molecule has 6 heavy (non-hydrogen) atoms. The van der Waals surface area contributed by atoms with E-state index in [0.29, 0.717) is 0 Å². The van der Waals surface area contributed by atoms with Crippen molar-refractivity contribution in [3.05, 3.63) is 24.8 Å². The van der Waals surface area contributed by atoms with Crippen molar-refractivity contribution in [2.75, 3.05) is 0 Å². The molecular weight excluding hydrogens is 151 g/mol. The Labute approximate surface area is 52.9 Å². The zero-order valence-electron chi connectivity index (χ0n) is 3.39. The first-order chi connectivity index (χ1) is 2.91. The Bertz CT molecular complexity index is 62.0. The molecule has 0 amide bonds. The minimum atomic E-state index is 1.41. The second-order valence-corrected chi connectivity index (χ2v) is 1.56. The van der Waals surface area contributed by atoms with Gasteiger partial charge >= 0.3 is 52.8 Å². The summed E-state index contributed by atoms with van der Waals surface area (Å²) in [6, 6.07) is 0. The van der Waals surface area contributed by atoms with Crippen molar-refractivity contribution in [3.8, 4) is 0 Å². The monoisotopic (exact) mass is 155 g/mol. The van der Waals surface area contributed by atoms with Gasteiger partial charge in [0.25, 0.3) is 0 Å². The van der Waals surface area contributed by atoms with Crippen molar-refractivity contribution < 1.29 is 24.2 Å². The Balaban J connectivity index is 3.17. The standard InChI is InChI=1S/C5H5.Zr/c1-3-5-4-2;/h1-5H;/q-1;/b5-3-;. The van der Waals surface area contributed by atoms with Crippen molar-refractivity contribution in [1.29, 1.82) is 0 Å². The predicted molar refractivity (Wildman–Crippen MR) is 24.1 cm³/mol. The molecule has 0 bridgehead atoms. The third-order valence-corrected chi connectivity index (χ3v) is 0.791. The molecule has 0 aliphatic heterocycles. The third kappa shape index (κ3) is 4.23. The molecule has 0 aromatic rings. The van der Waals surface area contributed by atoms with Gasteiger partial charge in [-0.15, -0.1) is 0 Å². The molecule has 0 radical (unpaired) electrons.